The maximum absolute atomic E-state index is 12.6. The molecule has 0 N–H and O–H groups in total. The Hall–Kier alpha value is -1.73. The third-order valence-electron chi connectivity index (χ3n) is 3.44. The van der Waals surface area contributed by atoms with Crippen LogP contribution in [0, 0.1) is 0 Å². The van der Waals surface area contributed by atoms with Crippen molar-refractivity contribution in [1.29, 1.82) is 0 Å². The van der Waals surface area contributed by atoms with Gasteiger partial charge in [0.1, 0.15) is 10.6 Å². The van der Waals surface area contributed by atoms with E-state index in [4.69, 9.17) is 13.7 Å². The molecule has 0 spiro atoms. The minimum Gasteiger partial charge on any atom is -0.493 e. The minimum atomic E-state index is -4.03. The molecular formula is C17H19BrO5S. The molecule has 0 heterocycles. The summed E-state index contributed by atoms with van der Waals surface area (Å²) in [7, 11) is -1.11. The molecule has 0 aromatic heterocycles. The van der Waals surface area contributed by atoms with E-state index in [9.17, 15) is 8.42 Å². The Balaban J connectivity index is 2.42. The van der Waals surface area contributed by atoms with E-state index < -0.39 is 10.1 Å². The van der Waals surface area contributed by atoms with Gasteiger partial charge in [-0.2, -0.15) is 8.42 Å². The maximum atomic E-state index is 12.6. The Bertz CT molecular complexity index is 831. The molecule has 0 unspecified atom stereocenters. The molecule has 0 aliphatic rings. The number of methoxy groups -OCH3 is 2. The molecule has 0 saturated carbocycles. The van der Waals surface area contributed by atoms with E-state index in [1.165, 1.54) is 26.4 Å². The summed E-state index contributed by atoms with van der Waals surface area (Å²) in [5.74, 6) is 1.26. The highest BCUT2D eigenvalue weighted by molar-refractivity contribution is 9.10. The lowest BCUT2D eigenvalue weighted by atomic mass is 10.0. The highest BCUT2D eigenvalue weighted by Gasteiger charge is 2.23. The number of ether oxygens (including phenoxy) is 2. The van der Waals surface area contributed by atoms with Crippen LogP contribution in [0.4, 0.5) is 0 Å². The van der Waals surface area contributed by atoms with Gasteiger partial charge >= 0.3 is 10.1 Å². The van der Waals surface area contributed by atoms with Crippen molar-refractivity contribution in [1.82, 2.24) is 0 Å². The fraction of sp³-hybridized carbons (Fsp3) is 0.294. The standard InChI is InChI=1S/C17H19BrO5S/c1-11(2)12-6-5-7-13(8-12)23-24(19,20)17-10-16(22-4)15(21-3)9-14(17)18/h5-11H,1-4H3. The van der Waals surface area contributed by atoms with Gasteiger partial charge in [0.2, 0.25) is 0 Å². The first-order valence-corrected chi connectivity index (χ1v) is 9.44. The fourth-order valence-corrected chi connectivity index (χ4v) is 4.04. The van der Waals surface area contributed by atoms with Crippen molar-refractivity contribution in [3.8, 4) is 17.2 Å². The summed E-state index contributed by atoms with van der Waals surface area (Å²) in [4.78, 5) is -0.0323. The number of halogens is 1. The highest BCUT2D eigenvalue weighted by atomic mass is 79.9. The maximum Gasteiger partial charge on any atom is 0.340 e. The molecule has 0 aliphatic carbocycles. The quantitative estimate of drug-likeness (QED) is 0.657. The molecule has 7 heteroatoms. The number of benzene rings is 2. The number of hydrogen-bond acceptors (Lipinski definition) is 5. The van der Waals surface area contributed by atoms with Gasteiger partial charge in [-0.05, 0) is 45.6 Å². The van der Waals surface area contributed by atoms with Crippen LogP contribution < -0.4 is 13.7 Å². The predicted molar refractivity (Wildman–Crippen MR) is 95.6 cm³/mol. The SMILES string of the molecule is COc1cc(Br)c(S(=O)(=O)Oc2cccc(C(C)C)c2)cc1OC. The van der Waals surface area contributed by atoms with Crippen LogP contribution in [-0.4, -0.2) is 22.6 Å². The Morgan fingerprint density at radius 1 is 1.00 bits per heavy atom. The van der Waals surface area contributed by atoms with E-state index in [1.807, 2.05) is 19.9 Å². The van der Waals surface area contributed by atoms with Crippen LogP contribution in [0.2, 0.25) is 0 Å². The summed E-state index contributed by atoms with van der Waals surface area (Å²) in [5, 5.41) is 0. The van der Waals surface area contributed by atoms with E-state index >= 15 is 0 Å². The second-order valence-corrected chi connectivity index (χ2v) is 7.77. The van der Waals surface area contributed by atoms with Gasteiger partial charge in [0.05, 0.1) is 14.2 Å². The van der Waals surface area contributed by atoms with Crippen molar-refractivity contribution in [2.45, 2.75) is 24.7 Å². The molecule has 0 radical (unpaired) electrons. The van der Waals surface area contributed by atoms with Gasteiger partial charge in [-0.3, -0.25) is 0 Å². The third kappa shape index (κ3) is 4.02. The van der Waals surface area contributed by atoms with E-state index in [-0.39, 0.29) is 16.6 Å². The molecule has 2 rings (SSSR count). The summed E-state index contributed by atoms with van der Waals surface area (Å²) < 4.78 is 41.2. The lowest BCUT2D eigenvalue weighted by molar-refractivity contribution is 0.353. The molecule has 2 aromatic rings. The van der Waals surface area contributed by atoms with Gasteiger partial charge in [0, 0.05) is 10.5 Å². The Labute approximate surface area is 150 Å². The smallest absolute Gasteiger partial charge is 0.340 e. The average Bonchev–Trinajstić information content (AvgIpc) is 2.54. The van der Waals surface area contributed by atoms with Gasteiger partial charge in [0.25, 0.3) is 0 Å². The van der Waals surface area contributed by atoms with E-state index in [0.717, 1.165) is 5.56 Å². The van der Waals surface area contributed by atoms with Gasteiger partial charge in [-0.1, -0.05) is 26.0 Å². The van der Waals surface area contributed by atoms with Gasteiger partial charge in [-0.15, -0.1) is 0 Å². The van der Waals surface area contributed by atoms with Crippen molar-refractivity contribution in [3.05, 3.63) is 46.4 Å². The summed E-state index contributed by atoms with van der Waals surface area (Å²) >= 11 is 3.24. The number of hydrogen-bond donors (Lipinski definition) is 0. The van der Waals surface area contributed by atoms with Crippen LogP contribution in [0.25, 0.3) is 0 Å². The molecule has 0 amide bonds. The first-order valence-electron chi connectivity index (χ1n) is 7.24. The van der Waals surface area contributed by atoms with Crippen molar-refractivity contribution < 1.29 is 22.1 Å². The predicted octanol–water partition coefficient (Wildman–Crippen LogP) is 4.36. The summed E-state index contributed by atoms with van der Waals surface area (Å²) in [6.45, 7) is 4.05. The van der Waals surface area contributed by atoms with E-state index in [2.05, 4.69) is 15.9 Å². The zero-order chi connectivity index (χ0) is 17.9. The van der Waals surface area contributed by atoms with E-state index in [1.54, 1.807) is 18.2 Å². The summed E-state index contributed by atoms with van der Waals surface area (Å²) in [6, 6.07) is 9.92. The monoisotopic (exact) mass is 414 g/mol. The van der Waals surface area contributed by atoms with Gasteiger partial charge in [0.15, 0.2) is 11.5 Å². The molecule has 5 nitrogen and oxygen atoms in total. The zero-order valence-corrected chi connectivity index (χ0v) is 16.3. The zero-order valence-electron chi connectivity index (χ0n) is 13.9. The molecule has 0 atom stereocenters. The van der Waals surface area contributed by atoms with Crippen LogP contribution in [0.3, 0.4) is 0 Å². The van der Waals surface area contributed by atoms with Crippen LogP contribution in [0.5, 0.6) is 17.2 Å². The molecule has 0 aliphatic heterocycles. The van der Waals surface area contributed by atoms with Crippen molar-refractivity contribution in [2.24, 2.45) is 0 Å². The minimum absolute atomic E-state index is 0.0323. The Kier molecular flexibility index (Phi) is 5.77. The van der Waals surface area contributed by atoms with Crippen LogP contribution in [-0.2, 0) is 10.1 Å². The molecule has 0 bridgehead atoms. The molecule has 0 saturated heterocycles. The molecular weight excluding hydrogens is 396 g/mol. The second kappa shape index (κ2) is 7.44. The lowest BCUT2D eigenvalue weighted by Crippen LogP contribution is -2.11. The number of rotatable bonds is 6. The first kappa shape index (κ1) is 18.6. The van der Waals surface area contributed by atoms with Crippen LogP contribution >= 0.6 is 15.9 Å². The van der Waals surface area contributed by atoms with Crippen LogP contribution in [0.1, 0.15) is 25.3 Å². The Morgan fingerprint density at radius 2 is 1.62 bits per heavy atom. The Morgan fingerprint density at radius 3 is 2.21 bits per heavy atom. The van der Waals surface area contributed by atoms with Crippen molar-refractivity contribution in [2.75, 3.05) is 14.2 Å². The van der Waals surface area contributed by atoms with Gasteiger partial charge in [-0.25, -0.2) is 0 Å². The van der Waals surface area contributed by atoms with Crippen molar-refractivity contribution in [3.63, 3.8) is 0 Å². The highest BCUT2D eigenvalue weighted by Crippen LogP contribution is 2.36. The first-order chi connectivity index (χ1) is 11.3. The van der Waals surface area contributed by atoms with Crippen LogP contribution in [0.15, 0.2) is 45.8 Å². The second-order valence-electron chi connectivity index (χ2n) is 5.40. The molecule has 0 fully saturated rings. The summed E-state index contributed by atoms with van der Waals surface area (Å²) in [6.07, 6.45) is 0. The van der Waals surface area contributed by atoms with Crippen molar-refractivity contribution >= 4 is 26.0 Å². The largest absolute Gasteiger partial charge is 0.493 e. The molecule has 130 valence electrons. The summed E-state index contributed by atoms with van der Waals surface area (Å²) in [5.41, 5.74) is 0.995. The fourth-order valence-electron chi connectivity index (χ4n) is 2.12. The molecule has 2 aromatic carbocycles. The molecule has 24 heavy (non-hydrogen) atoms. The normalized spacial score (nSPS) is 11.4. The topological polar surface area (TPSA) is 61.8 Å². The average molecular weight is 415 g/mol. The van der Waals surface area contributed by atoms with Gasteiger partial charge < -0.3 is 13.7 Å². The van der Waals surface area contributed by atoms with E-state index in [0.29, 0.717) is 16.0 Å². The third-order valence-corrected chi connectivity index (χ3v) is 5.64. The lowest BCUT2D eigenvalue weighted by Gasteiger charge is -2.13.